The van der Waals surface area contributed by atoms with Crippen LogP contribution in [0.2, 0.25) is 0 Å². The maximum atomic E-state index is 13.1. The van der Waals surface area contributed by atoms with Gasteiger partial charge in [0.1, 0.15) is 0 Å². The van der Waals surface area contributed by atoms with Crippen molar-refractivity contribution in [3.05, 3.63) is 59.4 Å². The Labute approximate surface area is 170 Å². The minimum Gasteiger partial charge on any atom is -0.339 e. The van der Waals surface area contributed by atoms with Crippen LogP contribution in [0.4, 0.5) is 0 Å². The number of hydrogen-bond donors (Lipinski definition) is 0. The van der Waals surface area contributed by atoms with E-state index in [9.17, 15) is 9.59 Å². The molecule has 2 aromatic heterocycles. The van der Waals surface area contributed by atoms with Gasteiger partial charge in [0.2, 0.25) is 0 Å². The molecular formula is C23H26N4O2. The van der Waals surface area contributed by atoms with Gasteiger partial charge in [0.05, 0.1) is 17.5 Å². The molecule has 3 heterocycles. The van der Waals surface area contributed by atoms with Crippen LogP contribution < -0.4 is 0 Å². The molecule has 1 aliphatic heterocycles. The molecule has 29 heavy (non-hydrogen) atoms. The maximum absolute atomic E-state index is 13.1. The summed E-state index contributed by atoms with van der Waals surface area (Å²) in [4.78, 5) is 32.3. The zero-order valence-corrected chi connectivity index (χ0v) is 17.1. The summed E-state index contributed by atoms with van der Waals surface area (Å²) >= 11 is 0. The van der Waals surface area contributed by atoms with Gasteiger partial charge in [-0.05, 0) is 39.7 Å². The van der Waals surface area contributed by atoms with Crippen LogP contribution in [0, 0.1) is 12.8 Å². The van der Waals surface area contributed by atoms with Crippen LogP contribution in [0.25, 0.3) is 11.0 Å². The molecule has 0 spiro atoms. The van der Waals surface area contributed by atoms with Crippen LogP contribution in [-0.4, -0.2) is 44.4 Å². The van der Waals surface area contributed by atoms with Crippen molar-refractivity contribution in [2.45, 2.75) is 39.7 Å². The summed E-state index contributed by atoms with van der Waals surface area (Å²) in [6.07, 6.45) is 3.16. The van der Waals surface area contributed by atoms with Gasteiger partial charge in [-0.15, -0.1) is 0 Å². The minimum absolute atomic E-state index is 0.0141. The molecule has 1 saturated heterocycles. The van der Waals surface area contributed by atoms with E-state index in [1.165, 1.54) is 0 Å². The predicted molar refractivity (Wildman–Crippen MR) is 112 cm³/mol. The summed E-state index contributed by atoms with van der Waals surface area (Å²) in [6.45, 7) is 7.17. The van der Waals surface area contributed by atoms with E-state index >= 15 is 0 Å². The summed E-state index contributed by atoms with van der Waals surface area (Å²) < 4.78 is 1.87. The number of rotatable bonds is 4. The fourth-order valence-corrected chi connectivity index (χ4v) is 4.01. The second-order valence-corrected chi connectivity index (χ2v) is 8.01. The number of pyridine rings is 1. The Hall–Kier alpha value is -3.02. The zero-order valence-electron chi connectivity index (χ0n) is 17.1. The average Bonchev–Trinajstić information content (AvgIpc) is 3.16. The molecule has 6 nitrogen and oxygen atoms in total. The molecule has 6 heteroatoms. The molecule has 0 N–H and O–H groups in total. The quantitative estimate of drug-likeness (QED) is 0.630. The van der Waals surface area contributed by atoms with Crippen molar-refractivity contribution in [2.24, 2.45) is 5.92 Å². The van der Waals surface area contributed by atoms with Crippen LogP contribution in [0.3, 0.4) is 0 Å². The van der Waals surface area contributed by atoms with E-state index < -0.39 is 0 Å². The van der Waals surface area contributed by atoms with Crippen LogP contribution in [0.15, 0.2) is 42.6 Å². The molecule has 0 bridgehead atoms. The Morgan fingerprint density at radius 1 is 1.10 bits per heavy atom. The maximum Gasteiger partial charge on any atom is 0.255 e. The monoisotopic (exact) mass is 390 g/mol. The second kappa shape index (κ2) is 7.78. The lowest BCUT2D eigenvalue weighted by Gasteiger charge is -2.31. The summed E-state index contributed by atoms with van der Waals surface area (Å²) in [5, 5.41) is 5.28. The molecule has 0 unspecified atom stereocenters. The van der Waals surface area contributed by atoms with Crippen molar-refractivity contribution < 1.29 is 9.59 Å². The normalized spacial score (nSPS) is 15.2. The van der Waals surface area contributed by atoms with Gasteiger partial charge in [0.15, 0.2) is 11.4 Å². The molecule has 150 valence electrons. The number of piperidine rings is 1. The molecule has 1 amide bonds. The number of aryl methyl sites for hydroxylation is 1. The minimum atomic E-state index is -0.0209. The molecule has 3 aromatic rings. The SMILES string of the molecule is Cc1nc2c(cnn2C(C)C)cc1C(=O)N1CCC(C(=O)c2ccccc2)CC1. The molecular weight excluding hydrogens is 364 g/mol. The smallest absolute Gasteiger partial charge is 0.255 e. The number of carbonyl (C=O) groups excluding carboxylic acids is 2. The van der Waals surface area contributed by atoms with E-state index in [4.69, 9.17) is 0 Å². The molecule has 4 rings (SSSR count). The lowest BCUT2D eigenvalue weighted by Crippen LogP contribution is -2.40. The number of carbonyl (C=O) groups is 2. The third-order valence-electron chi connectivity index (χ3n) is 5.69. The van der Waals surface area contributed by atoms with Crippen molar-refractivity contribution >= 4 is 22.7 Å². The second-order valence-electron chi connectivity index (χ2n) is 8.01. The van der Waals surface area contributed by atoms with Crippen molar-refractivity contribution in [2.75, 3.05) is 13.1 Å². The van der Waals surface area contributed by atoms with E-state index in [0.717, 1.165) is 16.6 Å². The number of amides is 1. The number of aromatic nitrogens is 3. The van der Waals surface area contributed by atoms with E-state index in [-0.39, 0.29) is 23.7 Å². The van der Waals surface area contributed by atoms with Crippen LogP contribution in [0.5, 0.6) is 0 Å². The van der Waals surface area contributed by atoms with Gasteiger partial charge in [-0.25, -0.2) is 9.67 Å². The van der Waals surface area contributed by atoms with E-state index in [1.54, 1.807) is 6.20 Å². The number of benzene rings is 1. The van der Waals surface area contributed by atoms with Gasteiger partial charge in [-0.3, -0.25) is 9.59 Å². The number of hydrogen-bond acceptors (Lipinski definition) is 4. The summed E-state index contributed by atoms with van der Waals surface area (Å²) in [5.41, 5.74) is 2.90. The molecule has 0 atom stereocenters. The van der Waals surface area contributed by atoms with Gasteiger partial charge in [0, 0.05) is 36.0 Å². The van der Waals surface area contributed by atoms with Gasteiger partial charge in [-0.2, -0.15) is 5.10 Å². The number of Topliss-reactive ketones (excluding diaryl/α,β-unsaturated/α-hetero) is 1. The lowest BCUT2D eigenvalue weighted by molar-refractivity contribution is 0.0649. The third-order valence-corrected chi connectivity index (χ3v) is 5.69. The van der Waals surface area contributed by atoms with Crippen LogP contribution in [0.1, 0.15) is 59.1 Å². The first-order valence-electron chi connectivity index (χ1n) is 10.2. The van der Waals surface area contributed by atoms with Crippen LogP contribution >= 0.6 is 0 Å². The van der Waals surface area contributed by atoms with E-state index in [1.807, 2.05) is 52.9 Å². The first-order valence-corrected chi connectivity index (χ1v) is 10.2. The first-order chi connectivity index (χ1) is 14.0. The average molecular weight is 390 g/mol. The fourth-order valence-electron chi connectivity index (χ4n) is 4.01. The molecule has 0 aliphatic carbocycles. The molecule has 1 aromatic carbocycles. The molecule has 0 radical (unpaired) electrons. The van der Waals surface area contributed by atoms with Gasteiger partial charge in [-0.1, -0.05) is 30.3 Å². The fraction of sp³-hybridized carbons (Fsp3) is 0.391. The highest BCUT2D eigenvalue weighted by atomic mass is 16.2. The number of likely N-dealkylation sites (tertiary alicyclic amines) is 1. The van der Waals surface area contributed by atoms with E-state index in [0.29, 0.717) is 37.2 Å². The number of fused-ring (bicyclic) bond motifs is 1. The summed E-state index contributed by atoms with van der Waals surface area (Å²) in [5.74, 6) is 0.144. The Kier molecular flexibility index (Phi) is 5.18. The molecule has 1 fully saturated rings. The van der Waals surface area contributed by atoms with Gasteiger partial charge >= 0.3 is 0 Å². The Morgan fingerprint density at radius 2 is 1.79 bits per heavy atom. The number of nitrogens with zero attached hydrogens (tertiary/aromatic N) is 4. The highest BCUT2D eigenvalue weighted by molar-refractivity contribution is 5.99. The molecule has 1 aliphatic rings. The highest BCUT2D eigenvalue weighted by Crippen LogP contribution is 2.25. The Morgan fingerprint density at radius 3 is 2.45 bits per heavy atom. The summed E-state index contributed by atoms with van der Waals surface area (Å²) in [7, 11) is 0. The largest absolute Gasteiger partial charge is 0.339 e. The van der Waals surface area contributed by atoms with Gasteiger partial charge < -0.3 is 4.90 Å². The van der Waals surface area contributed by atoms with Crippen molar-refractivity contribution in [1.82, 2.24) is 19.7 Å². The highest BCUT2D eigenvalue weighted by Gasteiger charge is 2.29. The Balaban J connectivity index is 1.48. The summed E-state index contributed by atoms with van der Waals surface area (Å²) in [6, 6.07) is 11.5. The van der Waals surface area contributed by atoms with Gasteiger partial charge in [0.25, 0.3) is 5.91 Å². The standard InChI is InChI=1S/C23H26N4O2/c1-15(2)27-22-19(14-24-27)13-20(16(3)25-22)23(29)26-11-9-18(10-12-26)21(28)17-7-5-4-6-8-17/h4-8,13-15,18H,9-12H2,1-3H3. The van der Waals surface area contributed by atoms with Crippen LogP contribution in [-0.2, 0) is 0 Å². The first kappa shape index (κ1) is 19.3. The molecule has 0 saturated carbocycles. The van der Waals surface area contributed by atoms with Crippen molar-refractivity contribution in [3.63, 3.8) is 0 Å². The Bertz CT molecular complexity index is 1050. The van der Waals surface area contributed by atoms with E-state index in [2.05, 4.69) is 23.9 Å². The lowest BCUT2D eigenvalue weighted by atomic mass is 9.88. The topological polar surface area (TPSA) is 68.1 Å². The third kappa shape index (κ3) is 3.67. The number of ketones is 1. The zero-order chi connectivity index (χ0) is 20.5. The van der Waals surface area contributed by atoms with Crippen molar-refractivity contribution in [1.29, 1.82) is 0 Å². The predicted octanol–water partition coefficient (Wildman–Crippen LogP) is 4.06. The van der Waals surface area contributed by atoms with Crippen molar-refractivity contribution in [3.8, 4) is 0 Å².